The van der Waals surface area contributed by atoms with Gasteiger partial charge in [0.05, 0.1) is 19.5 Å². The molecule has 1 heterocycles. The number of aryl methyl sites for hydroxylation is 1. The van der Waals surface area contributed by atoms with Gasteiger partial charge >= 0.3 is 0 Å². The van der Waals surface area contributed by atoms with E-state index in [1.165, 1.54) is 0 Å². The molecule has 0 atom stereocenters. The first-order valence-electron chi connectivity index (χ1n) is 6.25. The van der Waals surface area contributed by atoms with E-state index in [1.54, 1.807) is 19.6 Å². The fourth-order valence-corrected chi connectivity index (χ4v) is 1.50. The summed E-state index contributed by atoms with van der Waals surface area (Å²) in [7, 11) is 1.64. The molecule has 0 aliphatic heterocycles. The molecule has 0 aliphatic rings. The van der Waals surface area contributed by atoms with E-state index in [0.29, 0.717) is 19.7 Å². The quantitative estimate of drug-likeness (QED) is 0.577. The standard InChI is InChI=1S/C12H22N4O2/c1-18-9-6-13-10-12(17)15-4-2-3-7-16-8-5-14-11-16/h5,8,11,13H,2-4,6-7,9-10H2,1H3,(H,15,17). The second kappa shape index (κ2) is 9.61. The molecule has 1 aromatic heterocycles. The fourth-order valence-electron chi connectivity index (χ4n) is 1.50. The summed E-state index contributed by atoms with van der Waals surface area (Å²) in [5, 5.41) is 5.87. The highest BCUT2D eigenvalue weighted by Crippen LogP contribution is 1.93. The summed E-state index contributed by atoms with van der Waals surface area (Å²) < 4.78 is 6.91. The molecule has 0 spiro atoms. The van der Waals surface area contributed by atoms with Crippen molar-refractivity contribution >= 4 is 5.91 Å². The Bertz CT molecular complexity index is 314. The summed E-state index contributed by atoms with van der Waals surface area (Å²) in [6, 6.07) is 0. The molecule has 6 nitrogen and oxygen atoms in total. The minimum atomic E-state index is 0.0359. The summed E-state index contributed by atoms with van der Waals surface area (Å²) in [6.07, 6.45) is 7.53. The number of ether oxygens (including phenoxy) is 1. The van der Waals surface area contributed by atoms with Gasteiger partial charge in [0.1, 0.15) is 0 Å². The number of hydrogen-bond acceptors (Lipinski definition) is 4. The molecule has 2 N–H and O–H groups in total. The first kappa shape index (κ1) is 14.7. The van der Waals surface area contributed by atoms with E-state index < -0.39 is 0 Å². The van der Waals surface area contributed by atoms with E-state index in [2.05, 4.69) is 15.6 Å². The van der Waals surface area contributed by atoms with Crippen LogP contribution in [0.3, 0.4) is 0 Å². The number of nitrogens with zero attached hydrogens (tertiary/aromatic N) is 2. The van der Waals surface area contributed by atoms with Crippen LogP contribution in [0.25, 0.3) is 0 Å². The Hall–Kier alpha value is -1.40. The maximum Gasteiger partial charge on any atom is 0.233 e. The largest absolute Gasteiger partial charge is 0.383 e. The summed E-state index contributed by atoms with van der Waals surface area (Å²) >= 11 is 0. The van der Waals surface area contributed by atoms with Gasteiger partial charge in [0, 0.05) is 39.1 Å². The van der Waals surface area contributed by atoms with Crippen LogP contribution in [0.15, 0.2) is 18.7 Å². The highest BCUT2D eigenvalue weighted by Gasteiger charge is 1.99. The normalized spacial score (nSPS) is 10.5. The number of imidazole rings is 1. The van der Waals surface area contributed by atoms with Crippen molar-refractivity contribution in [1.29, 1.82) is 0 Å². The minimum Gasteiger partial charge on any atom is -0.383 e. The number of carbonyl (C=O) groups excluding carboxylic acids is 1. The first-order valence-corrected chi connectivity index (χ1v) is 6.25. The van der Waals surface area contributed by atoms with E-state index >= 15 is 0 Å². The zero-order chi connectivity index (χ0) is 13.1. The Labute approximate surface area is 108 Å². The molecule has 18 heavy (non-hydrogen) atoms. The number of hydrogen-bond donors (Lipinski definition) is 2. The second-order valence-electron chi connectivity index (χ2n) is 4.03. The van der Waals surface area contributed by atoms with Gasteiger partial charge in [-0.15, -0.1) is 0 Å². The molecule has 102 valence electrons. The van der Waals surface area contributed by atoms with Gasteiger partial charge in [-0.25, -0.2) is 4.98 Å². The summed E-state index contributed by atoms with van der Waals surface area (Å²) in [5.74, 6) is 0.0359. The van der Waals surface area contributed by atoms with E-state index in [9.17, 15) is 4.79 Å². The van der Waals surface area contributed by atoms with Crippen LogP contribution in [0.5, 0.6) is 0 Å². The summed E-state index contributed by atoms with van der Waals surface area (Å²) in [5.41, 5.74) is 0. The maximum atomic E-state index is 11.4. The van der Waals surface area contributed by atoms with Gasteiger partial charge < -0.3 is 19.9 Å². The van der Waals surface area contributed by atoms with Crippen molar-refractivity contribution in [2.24, 2.45) is 0 Å². The van der Waals surface area contributed by atoms with E-state index in [4.69, 9.17) is 4.74 Å². The highest BCUT2D eigenvalue weighted by molar-refractivity contribution is 5.77. The molecule has 1 amide bonds. The molecule has 1 aromatic rings. The zero-order valence-electron chi connectivity index (χ0n) is 10.9. The van der Waals surface area contributed by atoms with E-state index in [0.717, 1.165) is 25.9 Å². The molecule has 0 fully saturated rings. The third-order valence-corrected chi connectivity index (χ3v) is 2.49. The van der Waals surface area contributed by atoms with Crippen LogP contribution in [0.2, 0.25) is 0 Å². The highest BCUT2D eigenvalue weighted by atomic mass is 16.5. The number of rotatable bonds is 10. The molecule has 0 unspecified atom stereocenters. The molecule has 0 bridgehead atoms. The Morgan fingerprint density at radius 2 is 2.28 bits per heavy atom. The summed E-state index contributed by atoms with van der Waals surface area (Å²) in [4.78, 5) is 15.3. The third-order valence-electron chi connectivity index (χ3n) is 2.49. The Morgan fingerprint density at radius 3 is 3.00 bits per heavy atom. The van der Waals surface area contributed by atoms with Gasteiger partial charge in [0.25, 0.3) is 0 Å². The molecule has 0 saturated heterocycles. The number of unbranched alkanes of at least 4 members (excludes halogenated alkanes) is 1. The van der Waals surface area contributed by atoms with Gasteiger partial charge in [-0.1, -0.05) is 0 Å². The van der Waals surface area contributed by atoms with Crippen LogP contribution in [0.1, 0.15) is 12.8 Å². The lowest BCUT2D eigenvalue weighted by Gasteiger charge is -2.06. The SMILES string of the molecule is COCCNCC(=O)NCCCCn1ccnc1. The fraction of sp³-hybridized carbons (Fsp3) is 0.667. The van der Waals surface area contributed by atoms with Crippen molar-refractivity contribution < 1.29 is 9.53 Å². The molecule has 0 aliphatic carbocycles. The maximum absolute atomic E-state index is 11.4. The van der Waals surface area contributed by atoms with Crippen molar-refractivity contribution in [3.8, 4) is 0 Å². The lowest BCUT2D eigenvalue weighted by Crippen LogP contribution is -2.35. The number of carbonyl (C=O) groups is 1. The second-order valence-corrected chi connectivity index (χ2v) is 4.03. The van der Waals surface area contributed by atoms with Crippen LogP contribution in [-0.2, 0) is 16.1 Å². The lowest BCUT2D eigenvalue weighted by molar-refractivity contribution is -0.120. The zero-order valence-corrected chi connectivity index (χ0v) is 10.9. The average molecular weight is 254 g/mol. The van der Waals surface area contributed by atoms with Crippen LogP contribution in [0.4, 0.5) is 0 Å². The van der Waals surface area contributed by atoms with E-state index in [-0.39, 0.29) is 5.91 Å². The predicted octanol–water partition coefficient (Wildman–Crippen LogP) is 0.0155. The number of nitrogens with one attached hydrogen (secondary N) is 2. The van der Waals surface area contributed by atoms with Crippen LogP contribution < -0.4 is 10.6 Å². The monoisotopic (exact) mass is 254 g/mol. The van der Waals surface area contributed by atoms with Crippen molar-refractivity contribution in [2.45, 2.75) is 19.4 Å². The Balaban J connectivity index is 1.89. The molecule has 1 rings (SSSR count). The number of amides is 1. The number of methoxy groups -OCH3 is 1. The third kappa shape index (κ3) is 7.03. The topological polar surface area (TPSA) is 68.2 Å². The lowest BCUT2D eigenvalue weighted by atomic mass is 10.3. The molecular weight excluding hydrogens is 232 g/mol. The average Bonchev–Trinajstić information content (AvgIpc) is 2.87. The molecule has 6 heteroatoms. The molecule has 0 aromatic carbocycles. The van der Waals surface area contributed by atoms with Crippen molar-refractivity contribution in [3.05, 3.63) is 18.7 Å². The van der Waals surface area contributed by atoms with Gasteiger partial charge in [-0.3, -0.25) is 4.79 Å². The van der Waals surface area contributed by atoms with Gasteiger partial charge in [-0.05, 0) is 12.8 Å². The van der Waals surface area contributed by atoms with Crippen molar-refractivity contribution in [1.82, 2.24) is 20.2 Å². The molecule has 0 saturated carbocycles. The Morgan fingerprint density at radius 1 is 1.39 bits per heavy atom. The van der Waals surface area contributed by atoms with Gasteiger partial charge in [0.2, 0.25) is 5.91 Å². The molecule has 0 radical (unpaired) electrons. The van der Waals surface area contributed by atoms with Crippen molar-refractivity contribution in [2.75, 3.05) is 33.4 Å². The predicted molar refractivity (Wildman–Crippen MR) is 69.2 cm³/mol. The first-order chi connectivity index (χ1) is 8.83. The van der Waals surface area contributed by atoms with Crippen LogP contribution >= 0.6 is 0 Å². The Kier molecular flexibility index (Phi) is 7.83. The minimum absolute atomic E-state index is 0.0359. The van der Waals surface area contributed by atoms with Crippen LogP contribution in [0, 0.1) is 0 Å². The summed E-state index contributed by atoms with van der Waals surface area (Å²) in [6.45, 7) is 3.34. The molecular formula is C12H22N4O2. The van der Waals surface area contributed by atoms with E-state index in [1.807, 2.05) is 10.8 Å². The number of aromatic nitrogens is 2. The van der Waals surface area contributed by atoms with Crippen molar-refractivity contribution in [3.63, 3.8) is 0 Å². The van der Waals surface area contributed by atoms with Gasteiger partial charge in [-0.2, -0.15) is 0 Å². The van der Waals surface area contributed by atoms with Crippen LogP contribution in [-0.4, -0.2) is 48.8 Å². The smallest absolute Gasteiger partial charge is 0.233 e. The van der Waals surface area contributed by atoms with Gasteiger partial charge in [0.15, 0.2) is 0 Å².